The first-order chi connectivity index (χ1) is 13.2. The molecule has 3 rings (SSSR count). The zero-order valence-electron chi connectivity index (χ0n) is 16.7. The second-order valence-corrected chi connectivity index (χ2v) is 7.12. The molecule has 0 aliphatic heterocycles. The van der Waals surface area contributed by atoms with Gasteiger partial charge in [-0.1, -0.05) is 6.07 Å². The van der Waals surface area contributed by atoms with Crippen molar-refractivity contribution in [1.29, 1.82) is 0 Å². The molecule has 0 spiro atoms. The highest BCUT2D eigenvalue weighted by Gasteiger charge is 2.20. The third-order valence-electron chi connectivity index (χ3n) is 4.70. The standard InChI is InChI=1S/C19H25N5O4/c1-11-6-7-14(8-12(11)2)28-10-13(25)9-24-15-16(20-18(24)22(3)4)23(5)19(27)21-17(15)26/h6-8,13,25H,9-10H2,1-5H3,(H,21,26,27). The summed E-state index contributed by atoms with van der Waals surface area (Å²) in [5, 5.41) is 10.5. The third kappa shape index (κ3) is 3.65. The van der Waals surface area contributed by atoms with E-state index in [2.05, 4.69) is 9.97 Å². The molecule has 0 aliphatic carbocycles. The number of rotatable bonds is 6. The molecule has 1 aromatic carbocycles. The van der Waals surface area contributed by atoms with Crippen LogP contribution in [0.25, 0.3) is 11.2 Å². The van der Waals surface area contributed by atoms with Gasteiger partial charge in [0.25, 0.3) is 5.56 Å². The maximum atomic E-state index is 12.4. The number of nitrogens with one attached hydrogen (secondary N) is 1. The number of aromatic amines is 1. The van der Waals surface area contributed by atoms with Crippen molar-refractivity contribution in [1.82, 2.24) is 19.1 Å². The van der Waals surface area contributed by atoms with Gasteiger partial charge in [-0.25, -0.2) is 4.79 Å². The molecule has 9 nitrogen and oxygen atoms in total. The highest BCUT2D eigenvalue weighted by atomic mass is 16.5. The lowest BCUT2D eigenvalue weighted by atomic mass is 10.1. The van der Waals surface area contributed by atoms with Crippen LogP contribution in [-0.4, -0.2) is 51.0 Å². The summed E-state index contributed by atoms with van der Waals surface area (Å²) >= 11 is 0. The Labute approximate surface area is 161 Å². The van der Waals surface area contributed by atoms with Gasteiger partial charge in [0.15, 0.2) is 11.2 Å². The number of ether oxygens (including phenoxy) is 1. The molecule has 1 atom stereocenters. The van der Waals surface area contributed by atoms with Crippen molar-refractivity contribution in [2.24, 2.45) is 7.05 Å². The average molecular weight is 387 g/mol. The number of aryl methyl sites for hydroxylation is 3. The van der Waals surface area contributed by atoms with E-state index >= 15 is 0 Å². The van der Waals surface area contributed by atoms with Crippen molar-refractivity contribution in [3.63, 3.8) is 0 Å². The van der Waals surface area contributed by atoms with Gasteiger partial charge in [-0.15, -0.1) is 0 Å². The summed E-state index contributed by atoms with van der Waals surface area (Å²) in [4.78, 5) is 32.6. The minimum atomic E-state index is -0.880. The van der Waals surface area contributed by atoms with Crippen molar-refractivity contribution in [2.45, 2.75) is 26.5 Å². The van der Waals surface area contributed by atoms with Crippen LogP contribution >= 0.6 is 0 Å². The van der Waals surface area contributed by atoms with Gasteiger partial charge in [-0.3, -0.25) is 14.3 Å². The number of anilines is 1. The van der Waals surface area contributed by atoms with E-state index in [4.69, 9.17) is 4.74 Å². The molecule has 0 aliphatic rings. The van der Waals surface area contributed by atoms with E-state index < -0.39 is 17.4 Å². The quantitative estimate of drug-likeness (QED) is 0.640. The Morgan fingerprint density at radius 2 is 1.96 bits per heavy atom. The van der Waals surface area contributed by atoms with Gasteiger partial charge in [-0.05, 0) is 37.1 Å². The highest BCUT2D eigenvalue weighted by molar-refractivity contribution is 5.74. The summed E-state index contributed by atoms with van der Waals surface area (Å²) in [6.45, 7) is 4.16. The van der Waals surface area contributed by atoms with E-state index in [1.54, 1.807) is 23.6 Å². The molecule has 2 N–H and O–H groups in total. The lowest BCUT2D eigenvalue weighted by Gasteiger charge is -2.18. The fourth-order valence-electron chi connectivity index (χ4n) is 3.00. The molecule has 9 heteroatoms. The molecule has 2 heterocycles. The molecule has 3 aromatic rings. The van der Waals surface area contributed by atoms with Crippen molar-refractivity contribution in [2.75, 3.05) is 25.6 Å². The number of aliphatic hydroxyl groups is 1. The van der Waals surface area contributed by atoms with Crippen LogP contribution in [-0.2, 0) is 13.6 Å². The molecule has 0 bridgehead atoms. The van der Waals surface area contributed by atoms with Crippen LogP contribution in [0.1, 0.15) is 11.1 Å². The Hall–Kier alpha value is -3.07. The van der Waals surface area contributed by atoms with E-state index in [0.717, 1.165) is 5.56 Å². The van der Waals surface area contributed by atoms with Gasteiger partial charge < -0.3 is 19.3 Å². The van der Waals surface area contributed by atoms with Crippen LogP contribution < -0.4 is 20.9 Å². The Morgan fingerprint density at radius 3 is 2.61 bits per heavy atom. The normalized spacial score (nSPS) is 12.4. The summed E-state index contributed by atoms with van der Waals surface area (Å²) in [5.41, 5.74) is 1.69. The first-order valence-corrected chi connectivity index (χ1v) is 8.94. The summed E-state index contributed by atoms with van der Waals surface area (Å²) in [7, 11) is 5.10. The predicted molar refractivity (Wildman–Crippen MR) is 107 cm³/mol. The third-order valence-corrected chi connectivity index (χ3v) is 4.70. The van der Waals surface area contributed by atoms with Crippen LogP contribution in [0.15, 0.2) is 27.8 Å². The van der Waals surface area contributed by atoms with E-state index in [1.807, 2.05) is 32.0 Å². The van der Waals surface area contributed by atoms with Crippen molar-refractivity contribution in [3.05, 3.63) is 50.2 Å². The summed E-state index contributed by atoms with van der Waals surface area (Å²) in [6.07, 6.45) is -0.880. The van der Waals surface area contributed by atoms with E-state index in [9.17, 15) is 14.7 Å². The summed E-state index contributed by atoms with van der Waals surface area (Å²) in [6, 6.07) is 5.73. The number of hydrogen-bond donors (Lipinski definition) is 2. The molecule has 28 heavy (non-hydrogen) atoms. The van der Waals surface area contributed by atoms with Crippen molar-refractivity contribution < 1.29 is 9.84 Å². The molecule has 2 aromatic heterocycles. The lowest BCUT2D eigenvalue weighted by molar-refractivity contribution is 0.0936. The topological polar surface area (TPSA) is 105 Å². The Kier molecular flexibility index (Phi) is 5.28. The fraction of sp³-hybridized carbons (Fsp3) is 0.421. The molecule has 0 saturated heterocycles. The SMILES string of the molecule is Cc1ccc(OCC(O)Cn2c(N(C)C)nc3c2c(=O)[nH]c(=O)n3C)cc1C. The van der Waals surface area contributed by atoms with Gasteiger partial charge in [0.05, 0.1) is 6.54 Å². The Bertz CT molecular complexity index is 1130. The van der Waals surface area contributed by atoms with Gasteiger partial charge in [0.1, 0.15) is 18.5 Å². The smallest absolute Gasteiger partial charge is 0.329 e. The summed E-state index contributed by atoms with van der Waals surface area (Å²) < 4.78 is 8.57. The van der Waals surface area contributed by atoms with Crippen LogP contribution in [0.2, 0.25) is 0 Å². The molecule has 1 unspecified atom stereocenters. The van der Waals surface area contributed by atoms with E-state index in [1.165, 1.54) is 17.2 Å². The second kappa shape index (κ2) is 7.51. The zero-order chi connectivity index (χ0) is 20.6. The van der Waals surface area contributed by atoms with Gasteiger partial charge in [-0.2, -0.15) is 4.98 Å². The summed E-state index contributed by atoms with van der Waals surface area (Å²) in [5.74, 6) is 1.14. The van der Waals surface area contributed by atoms with Crippen molar-refractivity contribution >= 4 is 17.1 Å². The molecular weight excluding hydrogens is 362 g/mol. The lowest BCUT2D eigenvalue weighted by Crippen LogP contribution is -2.31. The van der Waals surface area contributed by atoms with E-state index in [-0.39, 0.29) is 24.3 Å². The largest absolute Gasteiger partial charge is 0.491 e. The zero-order valence-corrected chi connectivity index (χ0v) is 16.7. The molecule has 150 valence electrons. The minimum Gasteiger partial charge on any atom is -0.491 e. The molecule has 0 amide bonds. The maximum Gasteiger partial charge on any atom is 0.329 e. The number of benzene rings is 1. The monoisotopic (exact) mass is 387 g/mol. The number of fused-ring (bicyclic) bond motifs is 1. The number of imidazole rings is 1. The number of aliphatic hydroxyl groups excluding tert-OH is 1. The number of nitrogens with zero attached hydrogens (tertiary/aromatic N) is 4. The van der Waals surface area contributed by atoms with Gasteiger partial charge in [0, 0.05) is 21.1 Å². The first-order valence-electron chi connectivity index (χ1n) is 8.94. The number of aromatic nitrogens is 4. The minimum absolute atomic E-state index is 0.0543. The maximum absolute atomic E-state index is 12.4. The number of hydrogen-bond acceptors (Lipinski definition) is 6. The molecule has 0 radical (unpaired) electrons. The van der Waals surface area contributed by atoms with Crippen LogP contribution in [0, 0.1) is 13.8 Å². The molecule has 0 fully saturated rings. The van der Waals surface area contributed by atoms with Gasteiger partial charge in [0.2, 0.25) is 5.95 Å². The fourth-order valence-corrected chi connectivity index (χ4v) is 3.00. The second-order valence-electron chi connectivity index (χ2n) is 7.12. The highest BCUT2D eigenvalue weighted by Crippen LogP contribution is 2.19. The van der Waals surface area contributed by atoms with Gasteiger partial charge >= 0.3 is 5.69 Å². The van der Waals surface area contributed by atoms with Crippen LogP contribution in [0.5, 0.6) is 5.75 Å². The Balaban J connectivity index is 1.89. The molecule has 0 saturated carbocycles. The Morgan fingerprint density at radius 1 is 1.25 bits per heavy atom. The van der Waals surface area contributed by atoms with Crippen LogP contribution in [0.3, 0.4) is 0 Å². The van der Waals surface area contributed by atoms with E-state index in [0.29, 0.717) is 11.7 Å². The molecular formula is C19H25N5O4. The predicted octanol–water partition coefficient (Wildman–Crippen LogP) is 0.546. The average Bonchev–Trinajstić information content (AvgIpc) is 3.01. The number of H-pyrrole nitrogens is 1. The van der Waals surface area contributed by atoms with Crippen LogP contribution in [0.4, 0.5) is 5.95 Å². The van der Waals surface area contributed by atoms with Crippen molar-refractivity contribution in [3.8, 4) is 5.75 Å². The first kappa shape index (κ1) is 19.7.